The van der Waals surface area contributed by atoms with Crippen molar-refractivity contribution >= 4 is 17.8 Å². The number of carboxylic acids is 1. The first-order valence-electron chi connectivity index (χ1n) is 7.63. The van der Waals surface area contributed by atoms with E-state index >= 15 is 0 Å². The monoisotopic (exact) mass is 319 g/mol. The van der Waals surface area contributed by atoms with Gasteiger partial charge in [-0.3, -0.25) is 14.4 Å². The van der Waals surface area contributed by atoms with Gasteiger partial charge < -0.3 is 21.1 Å². The number of aliphatic carboxylic acids is 1. The minimum absolute atomic E-state index is 0.228. The fraction of sp³-hybridized carbons (Fsp3) is 0.438. The molecule has 1 aliphatic heterocycles. The number of carbonyl (C=O) groups excluding carboxylic acids is 2. The van der Waals surface area contributed by atoms with Crippen LogP contribution in [-0.2, 0) is 20.8 Å². The molecule has 4 N–H and O–H groups in total. The Bertz CT molecular complexity index is 556. The fourth-order valence-electron chi connectivity index (χ4n) is 2.53. The summed E-state index contributed by atoms with van der Waals surface area (Å²) in [5, 5.41) is 16.8. The second kappa shape index (κ2) is 8.28. The first-order chi connectivity index (χ1) is 11.1. The summed E-state index contributed by atoms with van der Waals surface area (Å²) in [6, 6.07) is 8.19. The van der Waals surface area contributed by atoms with Gasteiger partial charge in [0.15, 0.2) is 0 Å². The quantitative estimate of drug-likeness (QED) is 0.550. The normalized spacial score (nSPS) is 18.2. The zero-order chi connectivity index (χ0) is 16.7. The molecule has 0 spiro atoms. The molecule has 1 aliphatic rings. The summed E-state index contributed by atoms with van der Waals surface area (Å²) in [5.74, 6) is -1.85. The van der Waals surface area contributed by atoms with Crippen LogP contribution >= 0.6 is 0 Å². The van der Waals surface area contributed by atoms with Crippen molar-refractivity contribution in [1.82, 2.24) is 16.0 Å². The van der Waals surface area contributed by atoms with E-state index in [0.29, 0.717) is 6.42 Å². The molecule has 0 bridgehead atoms. The Morgan fingerprint density at radius 3 is 2.61 bits per heavy atom. The van der Waals surface area contributed by atoms with Crippen LogP contribution in [-0.4, -0.2) is 48.1 Å². The predicted octanol–water partition coefficient (Wildman–Crippen LogP) is -0.333. The van der Waals surface area contributed by atoms with E-state index < -0.39 is 24.5 Å². The highest BCUT2D eigenvalue weighted by Gasteiger charge is 2.27. The Morgan fingerprint density at radius 2 is 2.00 bits per heavy atom. The third kappa shape index (κ3) is 5.37. The van der Waals surface area contributed by atoms with Gasteiger partial charge in [0.1, 0.15) is 12.6 Å². The number of nitrogens with one attached hydrogen (secondary N) is 3. The summed E-state index contributed by atoms with van der Waals surface area (Å²) in [7, 11) is 0. The zero-order valence-electron chi connectivity index (χ0n) is 12.7. The Hall–Kier alpha value is -2.41. The zero-order valence-corrected chi connectivity index (χ0v) is 12.7. The maximum Gasteiger partial charge on any atom is 0.322 e. The molecular weight excluding hydrogens is 298 g/mol. The molecular formula is C16H21N3O4. The molecule has 2 amide bonds. The number of carbonyl (C=O) groups is 3. The molecule has 1 heterocycles. The minimum atomic E-state index is -1.12. The van der Waals surface area contributed by atoms with E-state index in [9.17, 15) is 14.4 Å². The van der Waals surface area contributed by atoms with Gasteiger partial charge in [-0.2, -0.15) is 0 Å². The smallest absolute Gasteiger partial charge is 0.322 e. The molecule has 1 aromatic carbocycles. The lowest BCUT2D eigenvalue weighted by Crippen LogP contribution is -2.53. The number of amides is 2. The van der Waals surface area contributed by atoms with E-state index in [4.69, 9.17) is 5.11 Å². The molecule has 23 heavy (non-hydrogen) atoms. The average molecular weight is 319 g/mol. The van der Waals surface area contributed by atoms with E-state index in [1.807, 2.05) is 30.3 Å². The predicted molar refractivity (Wildman–Crippen MR) is 83.7 cm³/mol. The molecule has 1 saturated heterocycles. The van der Waals surface area contributed by atoms with Crippen molar-refractivity contribution in [1.29, 1.82) is 0 Å². The topological polar surface area (TPSA) is 108 Å². The first kappa shape index (κ1) is 17.0. The molecule has 7 nitrogen and oxygen atoms in total. The van der Waals surface area contributed by atoms with Crippen LogP contribution in [0.15, 0.2) is 30.3 Å². The van der Waals surface area contributed by atoms with E-state index in [0.717, 1.165) is 24.9 Å². The number of benzene rings is 1. The Labute approximate surface area is 134 Å². The van der Waals surface area contributed by atoms with Gasteiger partial charge in [-0.25, -0.2) is 0 Å². The molecule has 0 saturated carbocycles. The SMILES string of the molecule is O=C(O)CNC(=O)[C@H](Cc1ccccc1)NC(=O)[C@@H]1CCCN1. The van der Waals surface area contributed by atoms with Gasteiger partial charge in [0, 0.05) is 6.42 Å². The van der Waals surface area contributed by atoms with Crippen molar-refractivity contribution in [2.24, 2.45) is 0 Å². The van der Waals surface area contributed by atoms with Crippen LogP contribution in [0.1, 0.15) is 18.4 Å². The van der Waals surface area contributed by atoms with Crippen LogP contribution < -0.4 is 16.0 Å². The molecule has 7 heteroatoms. The standard InChI is InChI=1S/C16H21N3O4/c20-14(21)10-18-15(22)13(9-11-5-2-1-3-6-11)19-16(23)12-7-4-8-17-12/h1-3,5-6,12-13,17H,4,7-10H2,(H,18,22)(H,19,23)(H,20,21)/t12-,13-/m0/s1. The van der Waals surface area contributed by atoms with E-state index in [1.165, 1.54) is 0 Å². The van der Waals surface area contributed by atoms with Crippen LogP contribution in [0.25, 0.3) is 0 Å². The number of carboxylic acid groups (broad SMARTS) is 1. The molecule has 0 aromatic heterocycles. The number of hydrogen-bond acceptors (Lipinski definition) is 4. The van der Waals surface area contributed by atoms with Crippen molar-refractivity contribution in [2.75, 3.05) is 13.1 Å². The lowest BCUT2D eigenvalue weighted by atomic mass is 10.0. The number of hydrogen-bond donors (Lipinski definition) is 4. The van der Waals surface area contributed by atoms with Crippen LogP contribution in [0.3, 0.4) is 0 Å². The summed E-state index contributed by atoms with van der Waals surface area (Å²) in [4.78, 5) is 35.0. The van der Waals surface area contributed by atoms with Crippen LogP contribution in [0, 0.1) is 0 Å². The summed E-state index contributed by atoms with van der Waals surface area (Å²) in [5.41, 5.74) is 0.891. The maximum absolute atomic E-state index is 12.2. The van der Waals surface area contributed by atoms with Crippen molar-refractivity contribution < 1.29 is 19.5 Å². The highest BCUT2D eigenvalue weighted by atomic mass is 16.4. The number of rotatable bonds is 7. The molecule has 2 atom stereocenters. The highest BCUT2D eigenvalue weighted by molar-refractivity contribution is 5.91. The van der Waals surface area contributed by atoms with E-state index in [-0.39, 0.29) is 11.9 Å². The molecule has 1 fully saturated rings. The van der Waals surface area contributed by atoms with Gasteiger partial charge in [0.25, 0.3) is 0 Å². The van der Waals surface area contributed by atoms with Crippen molar-refractivity contribution in [2.45, 2.75) is 31.3 Å². The summed E-state index contributed by atoms with van der Waals surface area (Å²) < 4.78 is 0. The van der Waals surface area contributed by atoms with E-state index in [2.05, 4.69) is 16.0 Å². The fourth-order valence-corrected chi connectivity index (χ4v) is 2.53. The molecule has 1 aromatic rings. The van der Waals surface area contributed by atoms with Crippen LogP contribution in [0.2, 0.25) is 0 Å². The maximum atomic E-state index is 12.2. The molecule has 2 rings (SSSR count). The third-order valence-corrected chi connectivity index (χ3v) is 3.71. The average Bonchev–Trinajstić information content (AvgIpc) is 3.07. The van der Waals surface area contributed by atoms with Crippen molar-refractivity contribution in [3.8, 4) is 0 Å². The molecule has 124 valence electrons. The lowest BCUT2D eigenvalue weighted by Gasteiger charge is -2.20. The first-order valence-corrected chi connectivity index (χ1v) is 7.63. The second-order valence-electron chi connectivity index (χ2n) is 5.51. The van der Waals surface area contributed by atoms with Gasteiger partial charge in [-0.05, 0) is 24.9 Å². The van der Waals surface area contributed by atoms with Crippen LogP contribution in [0.5, 0.6) is 0 Å². The van der Waals surface area contributed by atoms with Gasteiger partial charge in [0.2, 0.25) is 11.8 Å². The van der Waals surface area contributed by atoms with Crippen molar-refractivity contribution in [3.63, 3.8) is 0 Å². The summed E-state index contributed by atoms with van der Waals surface area (Å²) in [6.07, 6.45) is 1.97. The molecule has 0 unspecified atom stereocenters. The largest absolute Gasteiger partial charge is 0.480 e. The Morgan fingerprint density at radius 1 is 1.26 bits per heavy atom. The van der Waals surface area contributed by atoms with Crippen molar-refractivity contribution in [3.05, 3.63) is 35.9 Å². The molecule has 0 radical (unpaired) electrons. The van der Waals surface area contributed by atoms with Gasteiger partial charge in [0.05, 0.1) is 6.04 Å². The molecule has 0 aliphatic carbocycles. The Balaban J connectivity index is 2.01. The van der Waals surface area contributed by atoms with Gasteiger partial charge in [-0.15, -0.1) is 0 Å². The summed E-state index contributed by atoms with van der Waals surface area (Å²) in [6.45, 7) is 0.314. The van der Waals surface area contributed by atoms with Crippen LogP contribution in [0.4, 0.5) is 0 Å². The lowest BCUT2D eigenvalue weighted by molar-refractivity contribution is -0.138. The summed E-state index contributed by atoms with van der Waals surface area (Å²) >= 11 is 0. The minimum Gasteiger partial charge on any atom is -0.480 e. The second-order valence-corrected chi connectivity index (χ2v) is 5.51. The van der Waals surface area contributed by atoms with E-state index in [1.54, 1.807) is 0 Å². The highest BCUT2D eigenvalue weighted by Crippen LogP contribution is 2.07. The third-order valence-electron chi connectivity index (χ3n) is 3.71. The van der Waals surface area contributed by atoms with Gasteiger partial charge >= 0.3 is 5.97 Å². The van der Waals surface area contributed by atoms with Gasteiger partial charge in [-0.1, -0.05) is 30.3 Å². The Kier molecular flexibility index (Phi) is 6.10.